The number of nitrogens with one attached hydrogen (secondary N) is 2. The van der Waals surface area contributed by atoms with Crippen molar-refractivity contribution in [2.45, 2.75) is 13.5 Å². The molecule has 0 saturated carbocycles. The molecule has 0 unspecified atom stereocenters. The highest BCUT2D eigenvalue weighted by Crippen LogP contribution is 2.15. The van der Waals surface area contributed by atoms with E-state index in [-0.39, 0.29) is 23.7 Å². The zero-order valence-corrected chi connectivity index (χ0v) is 12.7. The molecule has 11 nitrogen and oxygen atoms in total. The fourth-order valence-electron chi connectivity index (χ4n) is 1.99. The number of rotatable bonds is 5. The van der Waals surface area contributed by atoms with Gasteiger partial charge in [-0.05, 0) is 11.8 Å². The van der Waals surface area contributed by atoms with Crippen LogP contribution in [0.5, 0.6) is 0 Å². The van der Waals surface area contributed by atoms with Crippen LogP contribution in [0.2, 0.25) is 0 Å². The molecule has 2 aromatic rings. The van der Waals surface area contributed by atoms with Gasteiger partial charge in [0.25, 0.3) is 11.8 Å². The third-order valence-corrected chi connectivity index (χ3v) is 2.91. The SMILES string of the molecule is CNC(=O)c1nn(C)cc1NC(=O)Cn1nc(C)cc1[N+](=O)[O-]. The molecular weight excluding hydrogens is 306 g/mol. The molecule has 2 aromatic heterocycles. The minimum Gasteiger partial charge on any atom is -0.358 e. The third kappa shape index (κ3) is 3.51. The topological polar surface area (TPSA) is 137 Å². The molecule has 2 N–H and O–H groups in total. The highest BCUT2D eigenvalue weighted by molar-refractivity contribution is 6.02. The largest absolute Gasteiger partial charge is 0.358 e. The molecule has 0 saturated heterocycles. The summed E-state index contributed by atoms with van der Waals surface area (Å²) in [6.45, 7) is 1.23. The van der Waals surface area contributed by atoms with E-state index in [0.29, 0.717) is 5.69 Å². The normalized spacial score (nSPS) is 10.4. The minimum absolute atomic E-state index is 0.0505. The van der Waals surface area contributed by atoms with E-state index in [1.54, 1.807) is 14.0 Å². The first-order valence-electron chi connectivity index (χ1n) is 6.56. The van der Waals surface area contributed by atoms with E-state index in [0.717, 1.165) is 4.68 Å². The van der Waals surface area contributed by atoms with Gasteiger partial charge in [-0.25, -0.2) is 0 Å². The smallest absolute Gasteiger partial charge is 0.345 e. The fraction of sp³-hybridized carbons (Fsp3) is 0.333. The van der Waals surface area contributed by atoms with Crippen molar-refractivity contribution >= 4 is 23.3 Å². The maximum atomic E-state index is 12.1. The lowest BCUT2D eigenvalue weighted by Crippen LogP contribution is -2.24. The molecule has 0 bridgehead atoms. The predicted molar refractivity (Wildman–Crippen MR) is 78.8 cm³/mol. The lowest BCUT2D eigenvalue weighted by Gasteiger charge is -2.03. The van der Waals surface area contributed by atoms with E-state index in [4.69, 9.17) is 0 Å². The molecule has 0 aliphatic rings. The highest BCUT2D eigenvalue weighted by atomic mass is 16.6. The van der Waals surface area contributed by atoms with Gasteiger partial charge in [-0.1, -0.05) is 5.10 Å². The lowest BCUT2D eigenvalue weighted by molar-refractivity contribution is -0.392. The second-order valence-electron chi connectivity index (χ2n) is 4.75. The molecule has 0 aliphatic heterocycles. The molecule has 0 aliphatic carbocycles. The summed E-state index contributed by atoms with van der Waals surface area (Å²) in [5.74, 6) is -1.30. The van der Waals surface area contributed by atoms with E-state index in [9.17, 15) is 19.7 Å². The van der Waals surface area contributed by atoms with Gasteiger partial charge in [0.2, 0.25) is 0 Å². The molecule has 122 valence electrons. The maximum absolute atomic E-state index is 12.1. The summed E-state index contributed by atoms with van der Waals surface area (Å²) in [7, 11) is 3.04. The first-order chi connectivity index (χ1) is 10.8. The predicted octanol–water partition coefficient (Wildman–Crippen LogP) is -0.168. The third-order valence-electron chi connectivity index (χ3n) is 2.91. The summed E-state index contributed by atoms with van der Waals surface area (Å²) >= 11 is 0. The molecule has 2 heterocycles. The van der Waals surface area contributed by atoms with Gasteiger partial charge in [0.1, 0.15) is 0 Å². The number of carbonyl (C=O) groups is 2. The number of carbonyl (C=O) groups excluding carboxylic acids is 2. The Labute approximate surface area is 130 Å². The van der Waals surface area contributed by atoms with E-state index < -0.39 is 16.7 Å². The van der Waals surface area contributed by atoms with Gasteiger partial charge >= 0.3 is 5.82 Å². The van der Waals surface area contributed by atoms with Crippen molar-refractivity contribution in [3.63, 3.8) is 0 Å². The second kappa shape index (κ2) is 6.25. The van der Waals surface area contributed by atoms with Crippen LogP contribution in [0.15, 0.2) is 12.3 Å². The molecule has 0 atom stereocenters. The van der Waals surface area contributed by atoms with Crippen molar-refractivity contribution in [2.75, 3.05) is 12.4 Å². The summed E-state index contributed by atoms with van der Waals surface area (Å²) in [6, 6.07) is 1.27. The minimum atomic E-state index is -0.618. The summed E-state index contributed by atoms with van der Waals surface area (Å²) in [5, 5.41) is 23.7. The second-order valence-corrected chi connectivity index (χ2v) is 4.75. The molecule has 11 heteroatoms. The quantitative estimate of drug-likeness (QED) is 0.579. The Bertz CT molecular complexity index is 776. The van der Waals surface area contributed by atoms with E-state index in [1.165, 1.54) is 24.0 Å². The standard InChI is InChI=1S/C12H15N7O4/c1-7-4-10(19(22)23)18(15-7)6-9(20)14-8-5-17(3)16-11(8)12(21)13-2/h4-5H,6H2,1-3H3,(H,13,21)(H,14,20). The Kier molecular flexibility index (Phi) is 4.39. The molecule has 0 spiro atoms. The Morgan fingerprint density at radius 1 is 1.39 bits per heavy atom. The zero-order chi connectivity index (χ0) is 17.1. The zero-order valence-electron chi connectivity index (χ0n) is 12.7. The average molecular weight is 321 g/mol. The number of amides is 2. The van der Waals surface area contributed by atoms with Crippen LogP contribution < -0.4 is 10.6 Å². The molecule has 0 aromatic carbocycles. The Morgan fingerprint density at radius 2 is 2.09 bits per heavy atom. The Balaban J connectivity index is 2.18. The molecule has 0 fully saturated rings. The molecule has 23 heavy (non-hydrogen) atoms. The van der Waals surface area contributed by atoms with Crippen molar-refractivity contribution in [1.29, 1.82) is 0 Å². The van der Waals surface area contributed by atoms with Crippen molar-refractivity contribution in [3.05, 3.63) is 33.8 Å². The van der Waals surface area contributed by atoms with Crippen molar-refractivity contribution in [3.8, 4) is 0 Å². The van der Waals surface area contributed by atoms with E-state index in [2.05, 4.69) is 20.8 Å². The van der Waals surface area contributed by atoms with Crippen LogP contribution in [0.1, 0.15) is 16.2 Å². The van der Waals surface area contributed by atoms with Crippen LogP contribution in [-0.4, -0.2) is 43.3 Å². The molecule has 0 radical (unpaired) electrons. The van der Waals surface area contributed by atoms with Crippen molar-refractivity contribution in [1.82, 2.24) is 24.9 Å². The number of hydrogen-bond acceptors (Lipinski definition) is 6. The fourth-order valence-corrected chi connectivity index (χ4v) is 1.99. The average Bonchev–Trinajstić information content (AvgIpc) is 3.01. The van der Waals surface area contributed by atoms with E-state index >= 15 is 0 Å². The molecule has 2 amide bonds. The van der Waals surface area contributed by atoms with Crippen LogP contribution in [0.25, 0.3) is 0 Å². The van der Waals surface area contributed by atoms with Crippen LogP contribution in [0.3, 0.4) is 0 Å². The summed E-state index contributed by atoms with van der Waals surface area (Å²) < 4.78 is 2.36. The number of nitrogens with zero attached hydrogens (tertiary/aromatic N) is 5. The molecular formula is C12H15N7O4. The van der Waals surface area contributed by atoms with Crippen molar-refractivity contribution in [2.24, 2.45) is 7.05 Å². The van der Waals surface area contributed by atoms with Crippen LogP contribution >= 0.6 is 0 Å². The summed E-state index contributed by atoms with van der Waals surface area (Å²) in [4.78, 5) is 34.1. The lowest BCUT2D eigenvalue weighted by atomic mass is 10.3. The van der Waals surface area contributed by atoms with Gasteiger partial charge in [0.15, 0.2) is 12.2 Å². The van der Waals surface area contributed by atoms with Gasteiger partial charge in [-0.15, -0.1) is 4.68 Å². The first-order valence-corrected chi connectivity index (χ1v) is 6.56. The first kappa shape index (κ1) is 16.1. The Morgan fingerprint density at radius 3 is 2.70 bits per heavy atom. The van der Waals surface area contributed by atoms with Crippen LogP contribution in [0.4, 0.5) is 11.5 Å². The van der Waals surface area contributed by atoms with Gasteiger partial charge in [0.05, 0.1) is 17.4 Å². The number of hydrogen-bond donors (Lipinski definition) is 2. The number of aryl methyl sites for hydroxylation is 2. The van der Waals surface area contributed by atoms with E-state index in [1.807, 2.05) is 0 Å². The summed E-state index contributed by atoms with van der Waals surface area (Å²) in [6.07, 6.45) is 1.46. The highest BCUT2D eigenvalue weighted by Gasteiger charge is 2.22. The van der Waals surface area contributed by atoms with Gasteiger partial charge in [0, 0.05) is 20.3 Å². The van der Waals surface area contributed by atoms with Crippen molar-refractivity contribution < 1.29 is 14.5 Å². The maximum Gasteiger partial charge on any atom is 0.345 e. The van der Waals surface area contributed by atoms with Gasteiger partial charge in [-0.3, -0.25) is 14.3 Å². The number of aromatic nitrogens is 4. The number of nitro groups is 1. The Hall–Kier alpha value is -3.24. The van der Waals surface area contributed by atoms with Gasteiger partial charge < -0.3 is 20.7 Å². The van der Waals surface area contributed by atoms with Gasteiger partial charge in [-0.2, -0.15) is 5.10 Å². The molecule has 2 rings (SSSR count). The van der Waals surface area contributed by atoms with Crippen LogP contribution in [0, 0.1) is 17.0 Å². The monoisotopic (exact) mass is 321 g/mol. The number of anilines is 1. The van der Waals surface area contributed by atoms with Crippen LogP contribution in [-0.2, 0) is 18.4 Å². The summed E-state index contributed by atoms with van der Waals surface area (Å²) in [5.41, 5.74) is 0.690.